The number of rotatable bonds is 6. The minimum Gasteiger partial charge on any atom is -0.310 e. The standard InChI is InChI=1S/C50H33NS/c1-4-12-34(13-5-1)37-22-25-42(26-23-37)51(44-32-40(35-14-6-2-7-15-35)30-41(33-44)36-16-8-3-9-17-36)43-27-29-45-39(31-43)21-20-38-24-28-47-46-18-10-11-19-48(46)52-50(47)49(38)45/h1-33H. The van der Waals surface area contributed by atoms with Crippen molar-refractivity contribution in [3.63, 3.8) is 0 Å². The maximum Gasteiger partial charge on any atom is 0.0473 e. The first-order valence-corrected chi connectivity index (χ1v) is 18.6. The van der Waals surface area contributed by atoms with Gasteiger partial charge in [-0.25, -0.2) is 0 Å². The van der Waals surface area contributed by atoms with Crippen LogP contribution in [-0.2, 0) is 0 Å². The van der Waals surface area contributed by atoms with Gasteiger partial charge >= 0.3 is 0 Å². The maximum absolute atomic E-state index is 2.41. The molecule has 244 valence electrons. The van der Waals surface area contributed by atoms with Crippen LogP contribution in [0.4, 0.5) is 17.1 Å². The van der Waals surface area contributed by atoms with Crippen molar-refractivity contribution >= 4 is 70.1 Å². The smallest absolute Gasteiger partial charge is 0.0473 e. The summed E-state index contributed by atoms with van der Waals surface area (Å²) in [5, 5.41) is 7.77. The highest BCUT2D eigenvalue weighted by molar-refractivity contribution is 7.26. The van der Waals surface area contributed by atoms with Crippen LogP contribution in [0.25, 0.3) is 75.1 Å². The number of nitrogens with zero attached hydrogens (tertiary/aromatic N) is 1. The van der Waals surface area contributed by atoms with Gasteiger partial charge < -0.3 is 4.90 Å². The summed E-state index contributed by atoms with van der Waals surface area (Å²) in [5.41, 5.74) is 10.5. The van der Waals surface area contributed by atoms with Crippen LogP contribution in [-0.4, -0.2) is 0 Å². The molecule has 0 unspecified atom stereocenters. The lowest BCUT2D eigenvalue weighted by Crippen LogP contribution is -2.10. The van der Waals surface area contributed by atoms with Crippen molar-refractivity contribution < 1.29 is 0 Å². The number of benzene rings is 9. The monoisotopic (exact) mass is 679 g/mol. The zero-order valence-corrected chi connectivity index (χ0v) is 29.2. The van der Waals surface area contributed by atoms with Crippen molar-refractivity contribution in [1.82, 2.24) is 0 Å². The number of fused-ring (bicyclic) bond motifs is 7. The van der Waals surface area contributed by atoms with Gasteiger partial charge in [0.25, 0.3) is 0 Å². The Labute approximate surface area is 307 Å². The lowest BCUT2D eigenvalue weighted by Gasteiger charge is -2.27. The van der Waals surface area contributed by atoms with Crippen molar-refractivity contribution in [2.75, 3.05) is 4.90 Å². The topological polar surface area (TPSA) is 3.24 Å². The van der Waals surface area contributed by atoms with Gasteiger partial charge in [0.05, 0.1) is 0 Å². The molecule has 0 bridgehead atoms. The Morgan fingerprint density at radius 1 is 0.308 bits per heavy atom. The zero-order valence-electron chi connectivity index (χ0n) is 28.4. The van der Waals surface area contributed by atoms with E-state index in [1.54, 1.807) is 0 Å². The molecule has 0 spiro atoms. The Hall–Kier alpha value is -6.48. The Balaban J connectivity index is 1.19. The van der Waals surface area contributed by atoms with Crippen LogP contribution in [0, 0.1) is 0 Å². The third-order valence-electron chi connectivity index (χ3n) is 10.2. The third kappa shape index (κ3) is 5.33. The SMILES string of the molecule is c1ccc(-c2ccc(N(c3cc(-c4ccccc4)cc(-c4ccccc4)c3)c3ccc4c(ccc5ccc6c7ccccc7sc6c54)c3)cc2)cc1. The normalized spacial score (nSPS) is 11.5. The van der Waals surface area contributed by atoms with Gasteiger partial charge in [0.2, 0.25) is 0 Å². The summed E-state index contributed by atoms with van der Waals surface area (Å²) in [6.45, 7) is 0. The van der Waals surface area contributed by atoms with Gasteiger partial charge in [-0.2, -0.15) is 0 Å². The van der Waals surface area contributed by atoms with Gasteiger partial charge in [-0.1, -0.05) is 152 Å². The van der Waals surface area contributed by atoms with Gasteiger partial charge in [0.1, 0.15) is 0 Å². The largest absolute Gasteiger partial charge is 0.310 e. The molecule has 1 aromatic heterocycles. The quantitative estimate of drug-likeness (QED) is 0.158. The van der Waals surface area contributed by atoms with Gasteiger partial charge in [-0.15, -0.1) is 11.3 Å². The summed E-state index contributed by atoms with van der Waals surface area (Å²) in [6, 6.07) is 72.9. The van der Waals surface area contributed by atoms with E-state index in [-0.39, 0.29) is 0 Å². The van der Waals surface area contributed by atoms with Crippen molar-refractivity contribution in [3.8, 4) is 33.4 Å². The number of hydrogen-bond acceptors (Lipinski definition) is 2. The lowest BCUT2D eigenvalue weighted by molar-refractivity contribution is 1.29. The first-order chi connectivity index (χ1) is 25.8. The second-order valence-corrected chi connectivity index (χ2v) is 14.4. The first kappa shape index (κ1) is 30.4. The molecule has 9 aromatic carbocycles. The van der Waals surface area contributed by atoms with Crippen molar-refractivity contribution in [3.05, 3.63) is 200 Å². The second-order valence-electron chi connectivity index (χ2n) is 13.4. The summed E-state index contributed by atoms with van der Waals surface area (Å²) in [5.74, 6) is 0. The minimum atomic E-state index is 1.11. The molecule has 0 aliphatic carbocycles. The highest BCUT2D eigenvalue weighted by atomic mass is 32.1. The maximum atomic E-state index is 2.41. The van der Waals surface area contributed by atoms with Crippen LogP contribution in [0.1, 0.15) is 0 Å². The molecule has 52 heavy (non-hydrogen) atoms. The molecule has 10 rings (SSSR count). The molecule has 1 heterocycles. The Kier molecular flexibility index (Phi) is 7.41. The lowest BCUT2D eigenvalue weighted by atomic mass is 9.96. The molecule has 0 saturated heterocycles. The van der Waals surface area contributed by atoms with E-state index in [0.29, 0.717) is 0 Å². The molecule has 0 atom stereocenters. The zero-order chi connectivity index (χ0) is 34.4. The van der Waals surface area contributed by atoms with Crippen LogP contribution in [0.15, 0.2) is 200 Å². The fourth-order valence-electron chi connectivity index (χ4n) is 7.67. The summed E-state index contributed by atoms with van der Waals surface area (Å²) in [4.78, 5) is 2.41. The van der Waals surface area contributed by atoms with Gasteiger partial charge in [0.15, 0.2) is 0 Å². The fraction of sp³-hybridized carbons (Fsp3) is 0. The van der Waals surface area contributed by atoms with E-state index in [1.165, 1.54) is 75.1 Å². The molecule has 0 N–H and O–H groups in total. The molecular formula is C50H33NS. The minimum absolute atomic E-state index is 1.11. The molecule has 10 aromatic rings. The molecule has 1 nitrogen and oxygen atoms in total. The summed E-state index contributed by atoms with van der Waals surface area (Å²) < 4.78 is 2.68. The van der Waals surface area contributed by atoms with Crippen LogP contribution in [0.5, 0.6) is 0 Å². The van der Waals surface area contributed by atoms with Gasteiger partial charge in [-0.3, -0.25) is 0 Å². The van der Waals surface area contributed by atoms with Crippen LogP contribution in [0.3, 0.4) is 0 Å². The Morgan fingerprint density at radius 2 is 0.827 bits per heavy atom. The Morgan fingerprint density at radius 3 is 1.50 bits per heavy atom. The molecule has 0 fully saturated rings. The highest BCUT2D eigenvalue weighted by Crippen LogP contribution is 2.44. The van der Waals surface area contributed by atoms with Crippen molar-refractivity contribution in [2.24, 2.45) is 0 Å². The summed E-state index contributed by atoms with van der Waals surface area (Å²) in [7, 11) is 0. The first-order valence-electron chi connectivity index (χ1n) is 17.8. The average molecular weight is 680 g/mol. The molecule has 2 heteroatoms. The highest BCUT2D eigenvalue weighted by Gasteiger charge is 2.18. The molecule has 0 aliphatic rings. The van der Waals surface area contributed by atoms with E-state index in [1.807, 2.05) is 11.3 Å². The van der Waals surface area contributed by atoms with Crippen LogP contribution in [0.2, 0.25) is 0 Å². The fourth-order valence-corrected chi connectivity index (χ4v) is 8.94. The predicted molar refractivity (Wildman–Crippen MR) is 225 cm³/mol. The molecule has 0 saturated carbocycles. The van der Waals surface area contributed by atoms with Crippen molar-refractivity contribution in [1.29, 1.82) is 0 Å². The van der Waals surface area contributed by atoms with E-state index in [9.17, 15) is 0 Å². The second kappa shape index (κ2) is 12.7. The molecular weight excluding hydrogens is 647 g/mol. The number of hydrogen-bond donors (Lipinski definition) is 0. The molecule has 0 radical (unpaired) electrons. The number of thiophene rings is 1. The molecule has 0 aliphatic heterocycles. The van der Waals surface area contributed by atoms with E-state index >= 15 is 0 Å². The average Bonchev–Trinajstić information content (AvgIpc) is 3.61. The van der Waals surface area contributed by atoms with Gasteiger partial charge in [-0.05, 0) is 98.1 Å². The summed E-state index contributed by atoms with van der Waals surface area (Å²) >= 11 is 1.90. The number of anilines is 3. The van der Waals surface area contributed by atoms with E-state index in [2.05, 4.69) is 205 Å². The third-order valence-corrected chi connectivity index (χ3v) is 11.4. The Bertz CT molecular complexity index is 2820. The van der Waals surface area contributed by atoms with Crippen LogP contribution >= 0.6 is 11.3 Å². The summed E-state index contributed by atoms with van der Waals surface area (Å²) in [6.07, 6.45) is 0. The predicted octanol–water partition coefficient (Wildman–Crippen LogP) is 14.8. The van der Waals surface area contributed by atoms with E-state index < -0.39 is 0 Å². The molecule has 0 amide bonds. The van der Waals surface area contributed by atoms with Gasteiger partial charge in [0, 0.05) is 42.6 Å². The van der Waals surface area contributed by atoms with E-state index in [4.69, 9.17) is 0 Å². The van der Waals surface area contributed by atoms with Crippen LogP contribution < -0.4 is 4.90 Å². The van der Waals surface area contributed by atoms with Crippen molar-refractivity contribution in [2.45, 2.75) is 0 Å². The van der Waals surface area contributed by atoms with E-state index in [0.717, 1.165) is 17.1 Å².